The van der Waals surface area contributed by atoms with Crippen LogP contribution < -0.4 is 4.74 Å². The number of pyridine rings is 1. The van der Waals surface area contributed by atoms with E-state index in [-0.39, 0.29) is 4.75 Å². The first kappa shape index (κ1) is 23.2. The molecule has 0 bridgehead atoms. The van der Waals surface area contributed by atoms with Crippen molar-refractivity contribution in [1.29, 1.82) is 0 Å². The molecule has 0 aliphatic carbocycles. The number of rotatable bonds is 7. The summed E-state index contributed by atoms with van der Waals surface area (Å²) in [6.45, 7) is 10.4. The number of carboxylic acids is 1. The van der Waals surface area contributed by atoms with Gasteiger partial charge in [-0.3, -0.25) is 8.77 Å². The fourth-order valence-corrected chi connectivity index (χ4v) is 4.74. The van der Waals surface area contributed by atoms with Gasteiger partial charge >= 0.3 is 5.97 Å². The van der Waals surface area contributed by atoms with Crippen LogP contribution in [-0.2, 0) is 17.8 Å². The first-order valence-corrected chi connectivity index (χ1v) is 11.8. The summed E-state index contributed by atoms with van der Waals surface area (Å²) in [7, 11) is 0. The molecule has 0 saturated carbocycles. The third-order valence-electron chi connectivity index (χ3n) is 5.41. The van der Waals surface area contributed by atoms with Gasteiger partial charge in [0.05, 0.1) is 22.1 Å². The highest BCUT2D eigenvalue weighted by molar-refractivity contribution is 7.99. The van der Waals surface area contributed by atoms with Crippen LogP contribution in [0.25, 0.3) is 21.8 Å². The third kappa shape index (κ3) is 5.33. The van der Waals surface area contributed by atoms with E-state index in [0.29, 0.717) is 13.0 Å². The summed E-state index contributed by atoms with van der Waals surface area (Å²) in [4.78, 5) is 16.4. The summed E-state index contributed by atoms with van der Waals surface area (Å²) in [5.74, 6) is -0.0358. The molecule has 0 aliphatic heterocycles. The number of benzene rings is 2. The number of para-hydroxylation sites is 1. The van der Waals surface area contributed by atoms with Crippen molar-refractivity contribution in [2.75, 3.05) is 0 Å². The van der Waals surface area contributed by atoms with E-state index < -0.39 is 11.4 Å². The van der Waals surface area contributed by atoms with Crippen LogP contribution in [0.15, 0.2) is 60.7 Å². The van der Waals surface area contributed by atoms with Crippen molar-refractivity contribution in [3.63, 3.8) is 0 Å². The standard InChI is InChI=1S/C27H30N2O3S/c1-26(2,3)33-29-21(16-27(4,5)25(30)31)14-19-15-22(12-13-24(19)29)32-17-20-11-10-18-8-6-7-9-23(18)28-20/h6-15H,16-17H2,1-5H3,(H,30,31). The Bertz CT molecular complexity index is 1320. The number of fused-ring (bicyclic) bond motifs is 2. The van der Waals surface area contributed by atoms with Gasteiger partial charge in [0.25, 0.3) is 0 Å². The molecular formula is C27H30N2O3S. The summed E-state index contributed by atoms with van der Waals surface area (Å²) in [6, 6.07) is 20.2. The van der Waals surface area contributed by atoms with Crippen LogP contribution in [0.1, 0.15) is 46.0 Å². The van der Waals surface area contributed by atoms with Crippen LogP contribution in [0.3, 0.4) is 0 Å². The van der Waals surface area contributed by atoms with Crippen LogP contribution >= 0.6 is 11.9 Å². The Labute approximate surface area is 198 Å². The number of aliphatic carboxylic acids is 1. The number of carbonyl (C=O) groups is 1. The molecule has 4 aromatic rings. The minimum atomic E-state index is -0.856. The number of hydrogen-bond donors (Lipinski definition) is 1. The summed E-state index contributed by atoms with van der Waals surface area (Å²) in [5.41, 5.74) is 3.02. The molecule has 2 aromatic carbocycles. The average Bonchev–Trinajstić information content (AvgIpc) is 3.06. The van der Waals surface area contributed by atoms with E-state index in [4.69, 9.17) is 4.74 Å². The van der Waals surface area contributed by atoms with Gasteiger partial charge in [0, 0.05) is 27.6 Å². The zero-order chi connectivity index (χ0) is 23.8. The van der Waals surface area contributed by atoms with E-state index in [2.05, 4.69) is 47.9 Å². The van der Waals surface area contributed by atoms with Crippen molar-refractivity contribution >= 4 is 39.7 Å². The van der Waals surface area contributed by atoms with Gasteiger partial charge in [-0.2, -0.15) is 0 Å². The molecular weight excluding hydrogens is 432 g/mol. The van der Waals surface area contributed by atoms with Gasteiger partial charge in [-0.05, 0) is 83.0 Å². The molecule has 33 heavy (non-hydrogen) atoms. The number of carboxylic acid groups (broad SMARTS) is 1. The van der Waals surface area contributed by atoms with E-state index in [1.165, 1.54) is 0 Å². The minimum Gasteiger partial charge on any atom is -0.487 e. The smallest absolute Gasteiger partial charge is 0.309 e. The molecule has 1 N–H and O–H groups in total. The molecule has 0 spiro atoms. The molecule has 0 saturated heterocycles. The Balaban J connectivity index is 1.62. The SMILES string of the molecule is CC(C)(C)Sn1c(CC(C)(C)C(=O)O)cc2cc(OCc3ccc4ccccc4n3)ccc21. The van der Waals surface area contributed by atoms with Crippen LogP contribution in [0.2, 0.25) is 0 Å². The quantitative estimate of drug-likeness (QED) is 0.330. The number of nitrogens with zero attached hydrogens (tertiary/aromatic N) is 2. The molecule has 0 fully saturated rings. The monoisotopic (exact) mass is 462 g/mol. The Hall–Kier alpha value is -2.99. The predicted octanol–water partition coefficient (Wildman–Crippen LogP) is 6.72. The molecule has 0 atom stereocenters. The van der Waals surface area contributed by atoms with Crippen LogP contribution in [-0.4, -0.2) is 24.8 Å². The fraction of sp³-hybridized carbons (Fsp3) is 0.333. The van der Waals surface area contributed by atoms with Crippen molar-refractivity contribution in [1.82, 2.24) is 8.96 Å². The van der Waals surface area contributed by atoms with Gasteiger partial charge in [0.1, 0.15) is 12.4 Å². The number of aromatic nitrogens is 2. The first-order chi connectivity index (χ1) is 15.5. The maximum Gasteiger partial charge on any atom is 0.309 e. The topological polar surface area (TPSA) is 64.4 Å². The molecule has 4 rings (SSSR count). The second-order valence-corrected chi connectivity index (χ2v) is 11.8. The van der Waals surface area contributed by atoms with Crippen molar-refractivity contribution in [2.24, 2.45) is 5.41 Å². The van der Waals surface area contributed by atoms with E-state index in [1.807, 2.05) is 42.5 Å². The largest absolute Gasteiger partial charge is 0.487 e. The van der Waals surface area contributed by atoms with Gasteiger partial charge in [0.15, 0.2) is 0 Å². The van der Waals surface area contributed by atoms with Crippen LogP contribution in [0.4, 0.5) is 0 Å². The Kier molecular flexibility index (Phi) is 6.14. The Morgan fingerprint density at radius 1 is 1.00 bits per heavy atom. The molecule has 0 radical (unpaired) electrons. The van der Waals surface area contributed by atoms with E-state index in [1.54, 1.807) is 25.8 Å². The Morgan fingerprint density at radius 3 is 2.48 bits per heavy atom. The van der Waals surface area contributed by atoms with Gasteiger partial charge < -0.3 is 9.84 Å². The van der Waals surface area contributed by atoms with Crippen LogP contribution in [0, 0.1) is 5.41 Å². The van der Waals surface area contributed by atoms with Gasteiger partial charge in [-0.25, -0.2) is 4.98 Å². The van der Waals surface area contributed by atoms with Crippen molar-refractivity contribution in [2.45, 2.75) is 52.4 Å². The molecule has 5 nitrogen and oxygen atoms in total. The van der Waals surface area contributed by atoms with Gasteiger partial charge in [-0.1, -0.05) is 24.3 Å². The lowest BCUT2D eigenvalue weighted by atomic mass is 9.88. The van der Waals surface area contributed by atoms with Gasteiger partial charge in [0.2, 0.25) is 0 Å². The summed E-state index contributed by atoms with van der Waals surface area (Å²) < 4.78 is 8.22. The maximum absolute atomic E-state index is 11.8. The fourth-order valence-electron chi connectivity index (χ4n) is 3.69. The maximum atomic E-state index is 11.8. The molecule has 0 amide bonds. The number of ether oxygens (including phenoxy) is 1. The predicted molar refractivity (Wildman–Crippen MR) is 136 cm³/mol. The number of hydrogen-bond acceptors (Lipinski definition) is 4. The lowest BCUT2D eigenvalue weighted by Gasteiger charge is -2.24. The zero-order valence-electron chi connectivity index (χ0n) is 19.8. The van der Waals surface area contributed by atoms with Crippen molar-refractivity contribution in [3.8, 4) is 5.75 Å². The molecule has 2 aromatic heterocycles. The van der Waals surface area contributed by atoms with Crippen LogP contribution in [0.5, 0.6) is 5.75 Å². The minimum absolute atomic E-state index is 0.0228. The third-order valence-corrected chi connectivity index (χ3v) is 6.57. The molecule has 0 unspecified atom stereocenters. The van der Waals surface area contributed by atoms with Crippen molar-refractivity contribution < 1.29 is 14.6 Å². The first-order valence-electron chi connectivity index (χ1n) is 11.1. The van der Waals surface area contributed by atoms with E-state index >= 15 is 0 Å². The lowest BCUT2D eigenvalue weighted by Crippen LogP contribution is -2.27. The van der Waals surface area contributed by atoms with E-state index in [9.17, 15) is 9.90 Å². The lowest BCUT2D eigenvalue weighted by molar-refractivity contribution is -0.146. The zero-order valence-corrected chi connectivity index (χ0v) is 20.6. The second kappa shape index (κ2) is 8.75. The summed E-state index contributed by atoms with van der Waals surface area (Å²) >= 11 is 1.71. The normalized spacial score (nSPS) is 12.4. The summed E-state index contributed by atoms with van der Waals surface area (Å²) in [5, 5.41) is 11.8. The van der Waals surface area contributed by atoms with E-state index in [0.717, 1.165) is 38.9 Å². The van der Waals surface area contributed by atoms with Crippen molar-refractivity contribution in [3.05, 3.63) is 72.1 Å². The molecule has 172 valence electrons. The highest BCUT2D eigenvalue weighted by Crippen LogP contribution is 2.36. The summed E-state index contributed by atoms with van der Waals surface area (Å²) in [6.07, 6.45) is 0.442. The molecule has 0 aliphatic rings. The van der Waals surface area contributed by atoms with Gasteiger partial charge in [-0.15, -0.1) is 0 Å². The Morgan fingerprint density at radius 2 is 1.76 bits per heavy atom. The molecule has 2 heterocycles. The highest BCUT2D eigenvalue weighted by Gasteiger charge is 2.30. The molecule has 6 heteroatoms. The highest BCUT2D eigenvalue weighted by atomic mass is 32.2. The second-order valence-electron chi connectivity index (χ2n) is 10.0. The average molecular weight is 463 g/mol.